The van der Waals surface area contributed by atoms with Crippen LogP contribution in [-0.4, -0.2) is 22.4 Å². The first-order valence-corrected chi connectivity index (χ1v) is 20.7. The fraction of sp³-hybridized carbons (Fsp3) is 0.200. The molecule has 12 heteroatoms. The Balaban J connectivity index is 1.49. The summed E-state index contributed by atoms with van der Waals surface area (Å²) in [4.78, 5) is 0. The number of hydrogen-bond donors (Lipinski definition) is 2. The highest BCUT2D eigenvalue weighted by molar-refractivity contribution is 8.02. The Morgan fingerprint density at radius 3 is 1.12 bits per heavy atom. The molecule has 2 aliphatic heterocycles. The summed E-state index contributed by atoms with van der Waals surface area (Å²) in [6.45, 7) is -2.21. The van der Waals surface area contributed by atoms with E-state index in [1.807, 2.05) is 24.3 Å². The van der Waals surface area contributed by atoms with Gasteiger partial charge in [-0.15, -0.1) is 0 Å². The summed E-state index contributed by atoms with van der Waals surface area (Å²) >= 11 is 15.5. The molecule has 2 aliphatic rings. The average molecular weight is 656 g/mol. The van der Waals surface area contributed by atoms with Crippen molar-refractivity contribution in [1.82, 2.24) is 19.5 Å². The van der Waals surface area contributed by atoms with E-state index in [4.69, 9.17) is 36.0 Å². The zero-order valence-electron chi connectivity index (χ0n) is 23.1. The van der Waals surface area contributed by atoms with Gasteiger partial charge in [0.1, 0.15) is 0 Å². The molecular weight excluding hydrogens is 622 g/mol. The number of halogens is 2. The summed E-state index contributed by atoms with van der Waals surface area (Å²) in [5.74, 6) is 0. The third-order valence-corrected chi connectivity index (χ3v) is 19.8. The van der Waals surface area contributed by atoms with Crippen LogP contribution >= 0.6 is 43.4 Å². The van der Waals surface area contributed by atoms with Gasteiger partial charge in [0.05, 0.1) is 0 Å². The lowest BCUT2D eigenvalue weighted by molar-refractivity contribution is 0.440. The maximum absolute atomic E-state index is 7.75. The maximum Gasteiger partial charge on any atom is 0.240 e. The SMILES string of the molecule is ClP1(N(Cc2ccccc2)Cc2ccccc2)=NP2(=NP(Cl)(N(Cc3ccccc3)Cc3ccccc3)=N1)NCCN2. The lowest BCUT2D eigenvalue weighted by Gasteiger charge is -2.38. The van der Waals surface area contributed by atoms with Gasteiger partial charge in [-0.25, -0.2) is 9.34 Å². The molecule has 2 N–H and O–H groups in total. The topological polar surface area (TPSA) is 67.6 Å². The van der Waals surface area contributed by atoms with Crippen molar-refractivity contribution in [2.24, 2.45) is 13.5 Å². The molecule has 1 spiro atoms. The van der Waals surface area contributed by atoms with E-state index < -0.39 is 20.9 Å². The van der Waals surface area contributed by atoms with Crippen LogP contribution < -0.4 is 10.2 Å². The molecule has 0 radical (unpaired) electrons. The highest BCUT2D eigenvalue weighted by atomic mass is 35.7. The van der Waals surface area contributed by atoms with Crippen LogP contribution in [0.1, 0.15) is 22.3 Å². The smallest absolute Gasteiger partial charge is 0.240 e. The number of nitrogens with one attached hydrogen (secondary N) is 2. The van der Waals surface area contributed by atoms with Crippen LogP contribution in [-0.2, 0) is 26.2 Å². The van der Waals surface area contributed by atoms with E-state index in [-0.39, 0.29) is 0 Å². The van der Waals surface area contributed by atoms with Crippen LogP contribution in [0.5, 0.6) is 0 Å². The molecule has 1 saturated heterocycles. The second kappa shape index (κ2) is 13.3. The number of nitrogens with zero attached hydrogens (tertiary/aromatic N) is 5. The standard InChI is InChI=1S/C30H34Cl2N7P3/c31-40(38(23-27-13-5-1-6-14-27)24-28-15-7-2-8-16-28)35-41(32,37-42(36-40)33-21-22-34-42)39(25-29-17-9-3-10-18-29)26-30-19-11-4-12-20-30/h1-20,33-34H,21-26H2. The molecule has 0 saturated carbocycles. The van der Waals surface area contributed by atoms with Crippen molar-refractivity contribution in [3.8, 4) is 0 Å². The van der Waals surface area contributed by atoms with Gasteiger partial charge in [0.25, 0.3) is 0 Å². The molecule has 0 aromatic heterocycles. The Morgan fingerprint density at radius 1 is 0.476 bits per heavy atom. The Labute approximate surface area is 258 Å². The highest BCUT2D eigenvalue weighted by Crippen LogP contribution is 2.82. The summed E-state index contributed by atoms with van der Waals surface area (Å²) in [6.07, 6.45) is 0. The average Bonchev–Trinajstić information content (AvgIpc) is 3.44. The van der Waals surface area contributed by atoms with Gasteiger partial charge in [-0.3, -0.25) is 10.2 Å². The molecule has 2 heterocycles. The first kappa shape index (κ1) is 30.0. The van der Waals surface area contributed by atoms with Crippen LogP contribution in [0, 0.1) is 0 Å². The predicted molar refractivity (Wildman–Crippen MR) is 180 cm³/mol. The van der Waals surface area contributed by atoms with Gasteiger partial charge in [-0.05, 0) is 44.7 Å². The van der Waals surface area contributed by atoms with Crippen LogP contribution in [0.4, 0.5) is 0 Å². The molecule has 4 aromatic carbocycles. The Morgan fingerprint density at radius 2 is 0.786 bits per heavy atom. The van der Waals surface area contributed by atoms with Crippen molar-refractivity contribution in [2.45, 2.75) is 26.2 Å². The molecule has 6 rings (SSSR count). The van der Waals surface area contributed by atoms with Gasteiger partial charge in [-0.1, -0.05) is 121 Å². The molecular formula is C30H34Cl2N7P3. The van der Waals surface area contributed by atoms with Crippen molar-refractivity contribution in [3.05, 3.63) is 144 Å². The normalized spacial score (nSPS) is 23.0. The number of benzene rings is 4. The summed E-state index contributed by atoms with van der Waals surface area (Å²) < 4.78 is 20.4. The maximum atomic E-state index is 7.75. The molecule has 0 bridgehead atoms. The van der Waals surface area contributed by atoms with E-state index in [1.165, 1.54) is 0 Å². The van der Waals surface area contributed by atoms with Crippen LogP contribution in [0.25, 0.3) is 0 Å². The minimum absolute atomic E-state index is 0.592. The van der Waals surface area contributed by atoms with Crippen LogP contribution in [0.15, 0.2) is 135 Å². The van der Waals surface area contributed by atoms with Gasteiger partial charge in [-0.2, -0.15) is 13.5 Å². The van der Waals surface area contributed by atoms with Crippen molar-refractivity contribution < 1.29 is 0 Å². The molecule has 0 amide bonds. The quantitative estimate of drug-likeness (QED) is 0.167. The molecule has 7 nitrogen and oxygen atoms in total. The largest absolute Gasteiger partial charge is 0.252 e. The molecule has 42 heavy (non-hydrogen) atoms. The first-order valence-electron chi connectivity index (χ1n) is 13.9. The fourth-order valence-electron chi connectivity index (χ4n) is 5.01. The highest BCUT2D eigenvalue weighted by Gasteiger charge is 2.42. The third-order valence-electron chi connectivity index (χ3n) is 7.06. The number of hydrogen-bond acceptors (Lipinski definition) is 7. The lowest BCUT2D eigenvalue weighted by atomic mass is 10.2. The van der Waals surface area contributed by atoms with E-state index in [9.17, 15) is 0 Å². The zero-order chi connectivity index (χ0) is 28.9. The van der Waals surface area contributed by atoms with Gasteiger partial charge in [0.2, 0.25) is 20.9 Å². The van der Waals surface area contributed by atoms with Crippen LogP contribution in [0.3, 0.4) is 0 Å². The van der Waals surface area contributed by atoms with Gasteiger partial charge in [0.15, 0.2) is 0 Å². The van der Waals surface area contributed by atoms with Gasteiger partial charge < -0.3 is 0 Å². The molecule has 2 atom stereocenters. The molecule has 0 aliphatic carbocycles. The van der Waals surface area contributed by atoms with E-state index in [0.717, 1.165) is 35.3 Å². The number of rotatable bonds is 10. The van der Waals surface area contributed by atoms with Crippen molar-refractivity contribution in [3.63, 3.8) is 0 Å². The molecule has 4 aromatic rings. The summed E-state index contributed by atoms with van der Waals surface area (Å²) in [7, 11) is -2.60. The minimum atomic E-state index is -3.04. The lowest BCUT2D eigenvalue weighted by Crippen LogP contribution is -2.22. The molecule has 1 fully saturated rings. The zero-order valence-corrected chi connectivity index (χ0v) is 27.3. The first-order chi connectivity index (χ1) is 20.4. The second-order valence-electron chi connectivity index (χ2n) is 10.3. The van der Waals surface area contributed by atoms with E-state index in [2.05, 4.69) is 117 Å². The Kier molecular flexibility index (Phi) is 9.53. The van der Waals surface area contributed by atoms with Crippen LogP contribution in [0.2, 0.25) is 0 Å². The van der Waals surface area contributed by atoms with E-state index in [0.29, 0.717) is 26.2 Å². The Bertz CT molecular complexity index is 1470. The summed E-state index contributed by atoms with van der Waals surface area (Å²) in [6, 6.07) is 41.4. The minimum Gasteiger partial charge on any atom is -0.252 e. The molecule has 218 valence electrons. The van der Waals surface area contributed by atoms with Gasteiger partial charge in [0, 0.05) is 39.3 Å². The third kappa shape index (κ3) is 7.20. The summed E-state index contributed by atoms with van der Waals surface area (Å²) in [5.41, 5.74) is 4.57. The monoisotopic (exact) mass is 655 g/mol. The Hall–Kier alpha value is -2.01. The van der Waals surface area contributed by atoms with Crippen molar-refractivity contribution in [1.29, 1.82) is 0 Å². The predicted octanol–water partition coefficient (Wildman–Crippen LogP) is 9.91. The summed E-state index contributed by atoms with van der Waals surface area (Å²) in [5, 5.41) is 7.18. The van der Waals surface area contributed by atoms with Gasteiger partial charge >= 0.3 is 0 Å². The van der Waals surface area contributed by atoms with E-state index in [1.54, 1.807) is 0 Å². The van der Waals surface area contributed by atoms with Crippen molar-refractivity contribution >= 4 is 43.4 Å². The second-order valence-corrected chi connectivity index (χ2v) is 20.1. The van der Waals surface area contributed by atoms with Crippen molar-refractivity contribution in [2.75, 3.05) is 13.1 Å². The molecule has 2 unspecified atom stereocenters. The van der Waals surface area contributed by atoms with E-state index >= 15 is 0 Å². The fourth-order valence-corrected chi connectivity index (χ4v) is 19.8.